The molecule has 0 amide bonds. The van der Waals surface area contributed by atoms with Crippen molar-refractivity contribution in [3.63, 3.8) is 0 Å². The summed E-state index contributed by atoms with van der Waals surface area (Å²) in [5.74, 6) is -1.24. The Morgan fingerprint density at radius 1 is 1.71 bits per heavy atom. The van der Waals surface area contributed by atoms with Crippen molar-refractivity contribution in [2.75, 3.05) is 5.73 Å². The molecule has 3 N–H and O–H groups in total. The molecule has 1 heterocycles. The predicted octanol–water partition coefficient (Wildman–Crippen LogP) is -1.78. The molecule has 0 saturated carbocycles. The summed E-state index contributed by atoms with van der Waals surface area (Å²) in [7, 11) is 0. The molecule has 0 aliphatic carbocycles. The maximum atomic E-state index is 10.7. The molecule has 0 fully saturated rings. The molecule has 1 rings (SSSR count). The van der Waals surface area contributed by atoms with E-state index in [1.54, 1.807) is 0 Å². The second-order valence-corrected chi connectivity index (χ2v) is 3.45. The van der Waals surface area contributed by atoms with Gasteiger partial charge in [0.25, 0.3) is 0 Å². The third-order valence-corrected chi connectivity index (χ3v) is 2.00. The van der Waals surface area contributed by atoms with Gasteiger partial charge in [-0.2, -0.15) is 0 Å². The van der Waals surface area contributed by atoms with Crippen LogP contribution < -0.4 is 15.6 Å². The Morgan fingerprint density at radius 2 is 2.29 bits per heavy atom. The molecule has 0 bridgehead atoms. The van der Waals surface area contributed by atoms with Gasteiger partial charge in [0, 0.05) is 0 Å². The standard InChI is InChI=1S/C8H11N3O3/c1-8(2,7(12)13)5-4-11(14)6(9)3-10-5/h3-4,9,14H,1-2H3,(H,12,13). The van der Waals surface area contributed by atoms with E-state index in [1.807, 2.05) is 0 Å². The van der Waals surface area contributed by atoms with E-state index < -0.39 is 11.4 Å². The molecule has 1 aromatic heterocycles. The molecular weight excluding hydrogens is 186 g/mol. The quantitative estimate of drug-likeness (QED) is 0.430. The fraction of sp³-hybridized carbons (Fsp3) is 0.375. The first-order valence-corrected chi connectivity index (χ1v) is 3.94. The van der Waals surface area contributed by atoms with E-state index in [-0.39, 0.29) is 11.5 Å². The number of nitrogens with zero attached hydrogens (tertiary/aromatic N) is 2. The predicted molar refractivity (Wildman–Crippen MR) is 44.1 cm³/mol. The Bertz CT molecular complexity index is 376. The first-order chi connectivity index (χ1) is 6.35. The van der Waals surface area contributed by atoms with E-state index in [1.165, 1.54) is 20.0 Å². The molecule has 0 aromatic carbocycles. The fourth-order valence-electron chi connectivity index (χ4n) is 0.846. The number of aromatic nitrogens is 2. The minimum Gasteiger partial charge on any atom is -0.549 e. The van der Waals surface area contributed by atoms with Crippen LogP contribution in [0.15, 0.2) is 12.4 Å². The number of aliphatic carboxylic acids is 1. The zero-order chi connectivity index (χ0) is 10.9. The number of nitrogen functional groups attached to an aromatic ring is 1. The third-order valence-electron chi connectivity index (χ3n) is 2.00. The van der Waals surface area contributed by atoms with E-state index in [9.17, 15) is 15.1 Å². The molecule has 0 aliphatic heterocycles. The molecular formula is C8H11N3O3. The molecule has 0 atom stereocenters. The highest BCUT2D eigenvalue weighted by Gasteiger charge is 2.26. The average molecular weight is 197 g/mol. The van der Waals surface area contributed by atoms with Gasteiger partial charge in [0.1, 0.15) is 6.20 Å². The summed E-state index contributed by atoms with van der Waals surface area (Å²) in [6.45, 7) is 2.86. The molecule has 0 saturated heterocycles. The van der Waals surface area contributed by atoms with Crippen molar-refractivity contribution in [3.05, 3.63) is 18.1 Å². The van der Waals surface area contributed by atoms with Crippen LogP contribution in [0.2, 0.25) is 0 Å². The average Bonchev–Trinajstić information content (AvgIpc) is 2.09. The number of rotatable bonds is 2. The van der Waals surface area contributed by atoms with Crippen LogP contribution in [0.1, 0.15) is 19.5 Å². The highest BCUT2D eigenvalue weighted by atomic mass is 16.5. The van der Waals surface area contributed by atoms with Gasteiger partial charge in [-0.3, -0.25) is 5.73 Å². The minimum atomic E-state index is -1.27. The molecule has 0 spiro atoms. The lowest BCUT2D eigenvalue weighted by Gasteiger charge is -2.23. The van der Waals surface area contributed by atoms with Gasteiger partial charge in [-0.25, -0.2) is 4.98 Å². The summed E-state index contributed by atoms with van der Waals surface area (Å²) >= 11 is 0. The van der Waals surface area contributed by atoms with Gasteiger partial charge in [0.05, 0.1) is 17.1 Å². The first-order valence-electron chi connectivity index (χ1n) is 3.94. The summed E-state index contributed by atoms with van der Waals surface area (Å²) in [6.07, 6.45) is 2.32. The SMILES string of the molecule is CC(C)(C(=O)[O-])c1c[n+](O)c(N)cn1. The van der Waals surface area contributed by atoms with Crippen LogP contribution in [0.25, 0.3) is 0 Å². The Morgan fingerprint density at radius 3 is 2.71 bits per heavy atom. The highest BCUT2D eigenvalue weighted by Crippen LogP contribution is 2.18. The number of carboxylic acids is 1. The summed E-state index contributed by atoms with van der Waals surface area (Å²) in [5, 5.41) is 19.9. The normalized spacial score (nSPS) is 11.3. The van der Waals surface area contributed by atoms with Crippen molar-refractivity contribution in [3.8, 4) is 0 Å². The van der Waals surface area contributed by atoms with E-state index >= 15 is 0 Å². The maximum absolute atomic E-state index is 10.7. The van der Waals surface area contributed by atoms with Crippen molar-refractivity contribution >= 4 is 11.8 Å². The zero-order valence-corrected chi connectivity index (χ0v) is 7.89. The van der Waals surface area contributed by atoms with E-state index in [0.29, 0.717) is 4.73 Å². The number of carbonyl (C=O) groups excluding carboxylic acids is 1. The van der Waals surface area contributed by atoms with Crippen molar-refractivity contribution in [1.29, 1.82) is 0 Å². The Balaban J connectivity index is 3.21. The lowest BCUT2D eigenvalue weighted by atomic mass is 9.90. The van der Waals surface area contributed by atoms with E-state index in [4.69, 9.17) is 5.73 Å². The molecule has 14 heavy (non-hydrogen) atoms. The number of hydrogen-bond acceptors (Lipinski definition) is 5. The maximum Gasteiger partial charge on any atom is 0.330 e. The Labute approximate surface area is 80.6 Å². The second-order valence-electron chi connectivity index (χ2n) is 3.45. The largest absolute Gasteiger partial charge is 0.549 e. The van der Waals surface area contributed by atoms with Crippen LogP contribution in [0, 0.1) is 0 Å². The van der Waals surface area contributed by atoms with Crippen LogP contribution in [-0.2, 0) is 10.2 Å². The topological polar surface area (TPSA) is 103 Å². The van der Waals surface area contributed by atoms with Gasteiger partial charge in [-0.1, -0.05) is 0 Å². The summed E-state index contributed by atoms with van der Waals surface area (Å²) in [5.41, 5.74) is 4.20. The number of nitrogens with two attached hydrogens (primary N) is 1. The van der Waals surface area contributed by atoms with Gasteiger partial charge in [-0.05, 0) is 18.6 Å². The van der Waals surface area contributed by atoms with Gasteiger partial charge in [0.15, 0.2) is 6.20 Å². The van der Waals surface area contributed by atoms with Crippen molar-refractivity contribution in [2.24, 2.45) is 0 Å². The zero-order valence-electron chi connectivity index (χ0n) is 7.89. The fourth-order valence-corrected chi connectivity index (χ4v) is 0.846. The smallest absolute Gasteiger partial charge is 0.330 e. The number of carbonyl (C=O) groups is 1. The van der Waals surface area contributed by atoms with Crippen molar-refractivity contribution in [1.82, 2.24) is 4.98 Å². The lowest BCUT2D eigenvalue weighted by molar-refractivity contribution is -0.894. The first kappa shape index (κ1) is 10.2. The summed E-state index contributed by atoms with van der Waals surface area (Å²) in [4.78, 5) is 14.5. The number of carboxylic acid groups (broad SMARTS) is 1. The van der Waals surface area contributed by atoms with Crippen molar-refractivity contribution < 1.29 is 19.8 Å². The molecule has 6 heteroatoms. The van der Waals surface area contributed by atoms with Crippen molar-refractivity contribution in [2.45, 2.75) is 19.3 Å². The molecule has 0 aliphatic rings. The van der Waals surface area contributed by atoms with Gasteiger partial charge >= 0.3 is 5.82 Å². The number of hydrogen-bond donors (Lipinski definition) is 2. The summed E-state index contributed by atoms with van der Waals surface area (Å²) < 4.78 is 0.618. The van der Waals surface area contributed by atoms with Crippen LogP contribution in [0.3, 0.4) is 0 Å². The van der Waals surface area contributed by atoms with Gasteiger partial charge in [-0.15, -0.1) is 0 Å². The highest BCUT2D eigenvalue weighted by molar-refractivity contribution is 5.77. The Kier molecular flexibility index (Phi) is 2.29. The number of anilines is 1. The summed E-state index contributed by atoms with van der Waals surface area (Å²) in [6, 6.07) is 0. The molecule has 0 unspecified atom stereocenters. The molecule has 1 aromatic rings. The van der Waals surface area contributed by atoms with Gasteiger partial charge in [0.2, 0.25) is 0 Å². The lowest BCUT2D eigenvalue weighted by Crippen LogP contribution is -2.44. The minimum absolute atomic E-state index is 0.0305. The van der Waals surface area contributed by atoms with Crippen LogP contribution in [-0.4, -0.2) is 16.2 Å². The van der Waals surface area contributed by atoms with Gasteiger partial charge < -0.3 is 15.1 Å². The molecule has 76 valence electrons. The van der Waals surface area contributed by atoms with Crippen LogP contribution in [0.4, 0.5) is 5.82 Å². The van der Waals surface area contributed by atoms with E-state index in [2.05, 4.69) is 4.98 Å². The molecule has 0 radical (unpaired) electrons. The van der Waals surface area contributed by atoms with Crippen LogP contribution >= 0.6 is 0 Å². The molecule has 6 nitrogen and oxygen atoms in total. The van der Waals surface area contributed by atoms with Crippen LogP contribution in [0.5, 0.6) is 0 Å². The Hall–Kier alpha value is -1.85. The monoisotopic (exact) mass is 197 g/mol. The second kappa shape index (κ2) is 3.13. The van der Waals surface area contributed by atoms with E-state index in [0.717, 1.165) is 6.20 Å². The third kappa shape index (κ3) is 1.59.